The van der Waals surface area contributed by atoms with Crippen LogP contribution in [0.25, 0.3) is 0 Å². The number of carboxylic acids is 2. The average molecular weight is 392 g/mol. The molecule has 2 amide bonds. The maximum atomic E-state index is 10.1. The van der Waals surface area contributed by atoms with Crippen LogP contribution in [-0.4, -0.2) is 46.0 Å². The molecule has 0 aliphatic rings. The van der Waals surface area contributed by atoms with Gasteiger partial charge in [0.1, 0.15) is 7.91 Å². The molecule has 0 radical (unpaired) electrons. The number of aliphatic carboxylic acids is 2. The predicted octanol–water partition coefficient (Wildman–Crippen LogP) is -5.32. The monoisotopic (exact) mass is 392 g/mol. The smallest absolute Gasteiger partial charge is 0.362 e. The molecule has 0 bridgehead atoms. The minimum atomic E-state index is -5.64. The van der Waals surface area contributed by atoms with Gasteiger partial charge in [-0.2, -0.15) is 0 Å². The van der Waals surface area contributed by atoms with Gasteiger partial charge in [0.2, 0.25) is 11.8 Å². The molecule has 0 aromatic carbocycles. The summed E-state index contributed by atoms with van der Waals surface area (Å²) in [4.78, 5) is 57.3. The van der Waals surface area contributed by atoms with Gasteiger partial charge in [-0.05, 0) is 0 Å². The van der Waals surface area contributed by atoms with E-state index >= 15 is 0 Å². The van der Waals surface area contributed by atoms with E-state index in [9.17, 15) is 23.4 Å². The Kier molecular flexibility index (Phi) is 15.8. The minimum Gasteiger partial charge on any atom is -0.786 e. The Morgan fingerprint density at radius 3 is 1.24 bits per heavy atom. The van der Waals surface area contributed by atoms with Crippen LogP contribution >= 0.6 is 7.91 Å². The highest BCUT2D eigenvalue weighted by Gasteiger charge is 2.16. The minimum absolute atomic E-state index is 0.0838. The summed E-state index contributed by atoms with van der Waals surface area (Å²) in [6.07, 6.45) is 0.594. The van der Waals surface area contributed by atoms with Crippen molar-refractivity contribution in [2.75, 3.05) is 0 Å². The van der Waals surface area contributed by atoms with Gasteiger partial charge in [0.05, 0.1) is 0 Å². The normalized spacial score (nSPS) is 12.4. The molecule has 2 atom stereocenters. The lowest BCUT2D eigenvalue weighted by Crippen LogP contribution is -2.65. The number of halogens is 1. The van der Waals surface area contributed by atoms with Gasteiger partial charge in [-0.15, -0.1) is 0 Å². The number of rotatable bonds is 8. The van der Waals surface area contributed by atoms with E-state index in [0.29, 0.717) is 0 Å². The standard InChI is InChI=1S/2C5H10N2O3.FH2O3P/c2*6-3(5(9)10)1-2-4(7)8;1-5(2,3)4/h2*3H,1-2,6H2,(H2,7,8)(H,9,10);(H2,2,3,4). The molecule has 0 aliphatic heterocycles. The van der Waals surface area contributed by atoms with Crippen LogP contribution in [0.2, 0.25) is 0 Å². The summed E-state index contributed by atoms with van der Waals surface area (Å²) in [6, 6.07) is -1.46. The van der Waals surface area contributed by atoms with E-state index in [-0.39, 0.29) is 25.7 Å². The first kappa shape index (κ1) is 27.7. The molecular formula is C10H22FN4O9P. The molecule has 0 fully saturated rings. The fraction of sp³-hybridized carbons (Fsp3) is 0.600. The second kappa shape index (κ2) is 14.2. The Morgan fingerprint density at radius 1 is 0.920 bits per heavy atom. The third-order valence-electron chi connectivity index (χ3n) is 2.18. The fourth-order valence-electron chi connectivity index (χ4n) is 0.880. The van der Waals surface area contributed by atoms with Crippen molar-refractivity contribution >= 4 is 31.7 Å². The van der Waals surface area contributed by atoms with Crippen molar-refractivity contribution in [3.63, 3.8) is 0 Å². The molecule has 0 saturated carbocycles. The lowest BCUT2D eigenvalue weighted by atomic mass is 10.2. The molecule has 12 N–H and O–H groups in total. The lowest BCUT2D eigenvalue weighted by Gasteiger charge is -2.15. The molecule has 2 unspecified atom stereocenters. The van der Waals surface area contributed by atoms with E-state index in [1.54, 1.807) is 0 Å². The van der Waals surface area contributed by atoms with Gasteiger partial charge in [0.25, 0.3) is 0 Å². The predicted molar refractivity (Wildman–Crippen MR) is 74.2 cm³/mol. The first-order chi connectivity index (χ1) is 11.1. The summed E-state index contributed by atoms with van der Waals surface area (Å²) in [5, 5.41) is 16.6. The molecule has 0 saturated heterocycles. The third kappa shape index (κ3) is 34.3. The van der Waals surface area contributed by atoms with Crippen molar-refractivity contribution in [3.05, 3.63) is 0 Å². The Labute approximate surface area is 141 Å². The van der Waals surface area contributed by atoms with Gasteiger partial charge in [-0.3, -0.25) is 9.59 Å². The maximum absolute atomic E-state index is 10.1. The zero-order valence-corrected chi connectivity index (χ0v) is 14.0. The van der Waals surface area contributed by atoms with Gasteiger partial charge in [-0.25, -0.2) is 13.8 Å². The second-order valence-electron chi connectivity index (χ2n) is 4.51. The highest BCUT2D eigenvalue weighted by Crippen LogP contribution is 2.22. The quantitative estimate of drug-likeness (QED) is 0.215. The van der Waals surface area contributed by atoms with Crippen molar-refractivity contribution in [2.45, 2.75) is 37.8 Å². The number of carbonyl (C=O) groups is 4. The van der Waals surface area contributed by atoms with Crippen LogP contribution < -0.4 is 32.7 Å². The van der Waals surface area contributed by atoms with Crippen molar-refractivity contribution in [1.82, 2.24) is 0 Å². The third-order valence-corrected chi connectivity index (χ3v) is 2.18. The zero-order chi connectivity index (χ0) is 20.8. The summed E-state index contributed by atoms with van der Waals surface area (Å²) in [5.41, 5.74) is 16.2. The second-order valence-corrected chi connectivity index (χ2v) is 5.37. The van der Waals surface area contributed by atoms with E-state index in [4.69, 9.17) is 36.0 Å². The Morgan fingerprint density at radius 2 is 1.12 bits per heavy atom. The van der Waals surface area contributed by atoms with Gasteiger partial charge < -0.3 is 47.5 Å². The number of carboxylic acid groups (broad SMARTS) is 2. The fourth-order valence-corrected chi connectivity index (χ4v) is 0.880. The Balaban J connectivity index is -0.000000308. The number of quaternary nitrogens is 2. The summed E-state index contributed by atoms with van der Waals surface area (Å²) in [6.45, 7) is 0. The summed E-state index contributed by atoms with van der Waals surface area (Å²) in [5.74, 6) is -2.98. The van der Waals surface area contributed by atoms with Gasteiger partial charge in [-0.1, -0.05) is 0 Å². The molecule has 25 heavy (non-hydrogen) atoms. The topological polar surface area (TPSA) is 279 Å². The zero-order valence-electron chi connectivity index (χ0n) is 13.1. The van der Waals surface area contributed by atoms with Crippen LogP contribution in [0.1, 0.15) is 25.7 Å². The number of hydrogen-bond donors (Lipinski definition) is 6. The molecule has 0 spiro atoms. The highest BCUT2D eigenvalue weighted by atomic mass is 31.2. The first-order valence-electron chi connectivity index (χ1n) is 6.48. The maximum Gasteiger partial charge on any atom is 0.362 e. The highest BCUT2D eigenvalue weighted by molar-refractivity contribution is 7.42. The van der Waals surface area contributed by atoms with E-state index in [2.05, 4.69) is 11.5 Å². The molecule has 15 heteroatoms. The summed E-state index contributed by atoms with van der Waals surface area (Å²) < 4.78 is 18.6. The lowest BCUT2D eigenvalue weighted by molar-refractivity contribution is -0.408. The number of primary amides is 2. The first-order valence-corrected chi connectivity index (χ1v) is 7.91. The van der Waals surface area contributed by atoms with Crippen molar-refractivity contribution in [1.29, 1.82) is 0 Å². The summed E-state index contributed by atoms with van der Waals surface area (Å²) in [7, 11) is -5.64. The largest absolute Gasteiger partial charge is 0.786 e. The average Bonchev–Trinajstić information content (AvgIpc) is 2.40. The molecule has 13 nitrogen and oxygen atoms in total. The Hall–Kier alpha value is -2.12. The van der Waals surface area contributed by atoms with Crippen molar-refractivity contribution < 1.29 is 59.4 Å². The van der Waals surface area contributed by atoms with Crippen LogP contribution in [0.5, 0.6) is 0 Å². The molecule has 148 valence electrons. The van der Waals surface area contributed by atoms with E-state index in [1.165, 1.54) is 0 Å². The molecule has 0 aromatic rings. The number of nitrogens with two attached hydrogens (primary N) is 2. The number of carbonyl (C=O) groups excluding carboxylic acids is 2. The van der Waals surface area contributed by atoms with Crippen LogP contribution in [0.15, 0.2) is 0 Å². The van der Waals surface area contributed by atoms with Crippen molar-refractivity contribution in [3.8, 4) is 0 Å². The van der Waals surface area contributed by atoms with E-state index in [1.807, 2.05) is 0 Å². The molecular weight excluding hydrogens is 370 g/mol. The van der Waals surface area contributed by atoms with E-state index in [0.717, 1.165) is 0 Å². The van der Waals surface area contributed by atoms with Gasteiger partial charge >= 0.3 is 11.9 Å². The van der Waals surface area contributed by atoms with Gasteiger partial charge in [0, 0.05) is 25.7 Å². The SMILES string of the molecule is NC(=O)CCC([NH3+])C(=O)O.NC(=O)CCC([NH3+])C(=O)O.O=P([O-])([O-])F. The van der Waals surface area contributed by atoms with Crippen LogP contribution in [0, 0.1) is 0 Å². The Bertz CT molecular complexity index is 457. The number of hydrogen-bond acceptors (Lipinski definition) is 7. The molecule has 0 aliphatic carbocycles. The van der Waals surface area contributed by atoms with Gasteiger partial charge in [0.15, 0.2) is 12.1 Å². The van der Waals surface area contributed by atoms with Crippen LogP contribution in [0.4, 0.5) is 4.20 Å². The van der Waals surface area contributed by atoms with E-state index < -0.39 is 43.7 Å². The number of amides is 2. The van der Waals surface area contributed by atoms with Crippen molar-refractivity contribution in [2.24, 2.45) is 11.5 Å². The molecule has 0 heterocycles. The van der Waals surface area contributed by atoms with Crippen LogP contribution in [0.3, 0.4) is 0 Å². The molecule has 0 rings (SSSR count). The van der Waals surface area contributed by atoms with Crippen LogP contribution in [-0.2, 0) is 23.7 Å². The molecule has 0 aromatic heterocycles. The summed E-state index contributed by atoms with van der Waals surface area (Å²) >= 11 is 0.